The second-order valence-electron chi connectivity index (χ2n) is 5.09. The predicted molar refractivity (Wildman–Crippen MR) is 88.7 cm³/mol. The monoisotopic (exact) mass is 289 g/mol. The van der Waals surface area contributed by atoms with Gasteiger partial charge >= 0.3 is 0 Å². The van der Waals surface area contributed by atoms with E-state index in [1.807, 2.05) is 24.3 Å². The topological polar surface area (TPSA) is 22.0 Å². The normalized spacial score (nSPS) is 11.1. The summed E-state index contributed by atoms with van der Waals surface area (Å²) in [5.74, 6) is 1.03. The molecule has 0 fully saturated rings. The Morgan fingerprint density at radius 2 is 1.85 bits per heavy atom. The number of pyridine rings is 1. The summed E-state index contributed by atoms with van der Waals surface area (Å²) in [6.45, 7) is 5.36. The van der Waals surface area contributed by atoms with Gasteiger partial charge in [0.2, 0.25) is 5.43 Å². The maximum absolute atomic E-state index is 12.5. The number of para-hydroxylation sites is 1. The minimum atomic E-state index is 0.189. The van der Waals surface area contributed by atoms with Gasteiger partial charge < -0.3 is 4.57 Å². The first-order valence-electron chi connectivity index (χ1n) is 7.53. The van der Waals surface area contributed by atoms with Crippen LogP contribution in [0.5, 0.6) is 0 Å². The number of hydrogen-bond acceptors (Lipinski definition) is 2. The molecular weight excluding hydrogens is 266 g/mol. The van der Waals surface area contributed by atoms with Crippen molar-refractivity contribution in [2.75, 3.05) is 5.75 Å². The molecule has 108 valence electrons. The van der Waals surface area contributed by atoms with E-state index >= 15 is 0 Å². The highest BCUT2D eigenvalue weighted by Crippen LogP contribution is 2.20. The van der Waals surface area contributed by atoms with Crippen molar-refractivity contribution in [2.45, 2.75) is 51.0 Å². The van der Waals surface area contributed by atoms with Gasteiger partial charge in [0.1, 0.15) is 0 Å². The van der Waals surface area contributed by atoms with Crippen LogP contribution in [-0.2, 0) is 6.54 Å². The van der Waals surface area contributed by atoms with Crippen LogP contribution in [0.4, 0.5) is 0 Å². The molecule has 2 nitrogen and oxygen atoms in total. The van der Waals surface area contributed by atoms with Gasteiger partial charge in [-0.15, -0.1) is 11.8 Å². The van der Waals surface area contributed by atoms with E-state index in [4.69, 9.17) is 0 Å². The van der Waals surface area contributed by atoms with Crippen LogP contribution in [0.1, 0.15) is 39.5 Å². The lowest BCUT2D eigenvalue weighted by molar-refractivity contribution is 0.640. The van der Waals surface area contributed by atoms with Gasteiger partial charge in [-0.3, -0.25) is 4.79 Å². The zero-order valence-electron chi connectivity index (χ0n) is 12.4. The fourth-order valence-electron chi connectivity index (χ4n) is 2.26. The Bertz CT molecular complexity index is 618. The molecule has 0 unspecified atom stereocenters. The molecule has 0 bridgehead atoms. The third-order valence-corrected chi connectivity index (χ3v) is 4.56. The van der Waals surface area contributed by atoms with Gasteiger partial charge in [0.25, 0.3) is 0 Å². The second kappa shape index (κ2) is 7.53. The molecule has 0 saturated carbocycles. The zero-order chi connectivity index (χ0) is 14.4. The van der Waals surface area contributed by atoms with Gasteiger partial charge in [-0.25, -0.2) is 0 Å². The summed E-state index contributed by atoms with van der Waals surface area (Å²) in [6, 6.07) is 7.96. The first-order chi connectivity index (χ1) is 9.77. The van der Waals surface area contributed by atoms with E-state index < -0.39 is 0 Å². The molecule has 0 spiro atoms. The summed E-state index contributed by atoms with van der Waals surface area (Å²) in [4.78, 5) is 13.4. The molecule has 1 aromatic carbocycles. The van der Waals surface area contributed by atoms with Crippen molar-refractivity contribution in [2.24, 2.45) is 0 Å². The van der Waals surface area contributed by atoms with Crippen LogP contribution in [-0.4, -0.2) is 10.3 Å². The van der Waals surface area contributed by atoms with Crippen molar-refractivity contribution >= 4 is 22.7 Å². The van der Waals surface area contributed by atoms with Crippen molar-refractivity contribution in [1.82, 2.24) is 4.57 Å². The van der Waals surface area contributed by atoms with Crippen molar-refractivity contribution < 1.29 is 0 Å². The fraction of sp³-hybridized carbons (Fsp3) is 0.471. The van der Waals surface area contributed by atoms with Gasteiger partial charge in [0, 0.05) is 18.1 Å². The van der Waals surface area contributed by atoms with E-state index in [2.05, 4.69) is 24.6 Å². The van der Waals surface area contributed by atoms with Gasteiger partial charge in [-0.05, 0) is 30.7 Å². The maximum Gasteiger partial charge on any atom is 0.202 e. The smallest absolute Gasteiger partial charge is 0.202 e. The molecule has 0 radical (unpaired) electrons. The van der Waals surface area contributed by atoms with Crippen LogP contribution in [0.25, 0.3) is 10.9 Å². The minimum Gasteiger partial charge on any atom is -0.346 e. The Labute approximate surface area is 125 Å². The summed E-state index contributed by atoms with van der Waals surface area (Å²) in [5, 5.41) is 0.852. The van der Waals surface area contributed by atoms with E-state index in [0.29, 0.717) is 0 Å². The standard InChI is InChI=1S/C17H23NOS/c1-3-5-11-18-13-16(20-12-6-4-2)17(19)14-9-7-8-10-15(14)18/h7-10,13H,3-6,11-12H2,1-2H3. The van der Waals surface area contributed by atoms with Crippen molar-refractivity contribution in [1.29, 1.82) is 0 Å². The summed E-state index contributed by atoms with van der Waals surface area (Å²) in [5.41, 5.74) is 1.25. The first-order valence-corrected chi connectivity index (χ1v) is 8.51. The Morgan fingerprint density at radius 3 is 2.60 bits per heavy atom. The highest BCUT2D eigenvalue weighted by Gasteiger charge is 2.08. The number of aryl methyl sites for hydroxylation is 1. The third kappa shape index (κ3) is 3.45. The Morgan fingerprint density at radius 1 is 1.10 bits per heavy atom. The lowest BCUT2D eigenvalue weighted by Gasteiger charge is -2.12. The number of nitrogens with zero attached hydrogens (tertiary/aromatic N) is 1. The summed E-state index contributed by atoms with van der Waals surface area (Å²) in [6.07, 6.45) is 6.70. The number of thioether (sulfide) groups is 1. The SMILES string of the molecule is CCCCSc1cn(CCCC)c2ccccc2c1=O. The van der Waals surface area contributed by atoms with Crippen LogP contribution in [0.2, 0.25) is 0 Å². The molecule has 2 aromatic rings. The minimum absolute atomic E-state index is 0.189. The van der Waals surface area contributed by atoms with Crippen LogP contribution >= 0.6 is 11.8 Å². The molecule has 0 atom stereocenters. The van der Waals surface area contributed by atoms with Gasteiger partial charge in [-0.1, -0.05) is 38.8 Å². The van der Waals surface area contributed by atoms with Crippen LogP contribution in [0.3, 0.4) is 0 Å². The molecule has 1 aromatic heterocycles. The van der Waals surface area contributed by atoms with Gasteiger partial charge in [-0.2, -0.15) is 0 Å². The number of aromatic nitrogens is 1. The molecule has 0 aliphatic rings. The lowest BCUT2D eigenvalue weighted by atomic mass is 10.2. The Kier molecular flexibility index (Phi) is 5.72. The van der Waals surface area contributed by atoms with E-state index in [-0.39, 0.29) is 5.43 Å². The zero-order valence-corrected chi connectivity index (χ0v) is 13.2. The molecule has 0 N–H and O–H groups in total. The molecule has 0 aliphatic carbocycles. The van der Waals surface area contributed by atoms with E-state index in [1.165, 1.54) is 12.8 Å². The number of benzene rings is 1. The van der Waals surface area contributed by atoms with Gasteiger partial charge in [0.15, 0.2) is 0 Å². The quantitative estimate of drug-likeness (QED) is 0.544. The second-order valence-corrected chi connectivity index (χ2v) is 6.23. The predicted octanol–water partition coefficient (Wildman–Crippen LogP) is 4.69. The molecule has 0 saturated heterocycles. The first kappa shape index (κ1) is 15.2. The maximum atomic E-state index is 12.5. The number of rotatable bonds is 7. The molecule has 1 heterocycles. The lowest BCUT2D eigenvalue weighted by Crippen LogP contribution is -2.12. The van der Waals surface area contributed by atoms with E-state index in [9.17, 15) is 4.79 Å². The van der Waals surface area contributed by atoms with E-state index in [0.717, 1.165) is 40.9 Å². The van der Waals surface area contributed by atoms with Gasteiger partial charge in [0.05, 0.1) is 10.4 Å². The summed E-state index contributed by atoms with van der Waals surface area (Å²) >= 11 is 1.70. The molecule has 3 heteroatoms. The van der Waals surface area contributed by atoms with Crippen LogP contribution < -0.4 is 5.43 Å². The average molecular weight is 289 g/mol. The highest BCUT2D eigenvalue weighted by molar-refractivity contribution is 7.99. The molecule has 0 aliphatic heterocycles. The molecule has 20 heavy (non-hydrogen) atoms. The molecule has 2 rings (SSSR count). The van der Waals surface area contributed by atoms with Crippen molar-refractivity contribution in [3.8, 4) is 0 Å². The van der Waals surface area contributed by atoms with Crippen LogP contribution in [0, 0.1) is 0 Å². The number of unbranched alkanes of at least 4 members (excludes halogenated alkanes) is 2. The number of hydrogen-bond donors (Lipinski definition) is 0. The van der Waals surface area contributed by atoms with Crippen molar-refractivity contribution in [3.63, 3.8) is 0 Å². The summed E-state index contributed by atoms with van der Waals surface area (Å²) in [7, 11) is 0. The third-order valence-electron chi connectivity index (χ3n) is 3.46. The summed E-state index contributed by atoms with van der Waals surface area (Å²) < 4.78 is 2.24. The molecular formula is C17H23NOS. The fourth-order valence-corrected chi connectivity index (χ4v) is 3.36. The highest BCUT2D eigenvalue weighted by atomic mass is 32.2. The molecule has 0 amide bonds. The Balaban J connectivity index is 2.42. The van der Waals surface area contributed by atoms with Crippen LogP contribution in [0.15, 0.2) is 40.2 Å². The number of fused-ring (bicyclic) bond motifs is 1. The van der Waals surface area contributed by atoms with E-state index in [1.54, 1.807) is 11.8 Å². The largest absolute Gasteiger partial charge is 0.346 e. The van der Waals surface area contributed by atoms with Crippen molar-refractivity contribution in [3.05, 3.63) is 40.7 Å². The Hall–Kier alpha value is -1.22. The average Bonchev–Trinajstić information content (AvgIpc) is 2.49.